The summed E-state index contributed by atoms with van der Waals surface area (Å²) in [5, 5.41) is 0.250. The molecule has 1 aliphatic carbocycles. The molecule has 1 aliphatic rings. The molecular weight excluding hydrogens is 396 g/mol. The molecule has 0 aliphatic heterocycles. The molecule has 2 aromatic heterocycles. The first kappa shape index (κ1) is 22.1. The number of nitrogens with one attached hydrogen (secondary N) is 2. The zero-order chi connectivity index (χ0) is 22.9. The number of amides is 1. The van der Waals surface area contributed by atoms with Crippen LogP contribution in [0.4, 0.5) is 0 Å². The van der Waals surface area contributed by atoms with Crippen LogP contribution in [0.3, 0.4) is 0 Å². The van der Waals surface area contributed by atoms with Gasteiger partial charge in [-0.15, -0.1) is 0 Å². The highest BCUT2D eigenvalue weighted by Crippen LogP contribution is 2.40. The maximum absolute atomic E-state index is 13.0. The lowest BCUT2D eigenvalue weighted by Gasteiger charge is -2.31. The lowest BCUT2D eigenvalue weighted by Crippen LogP contribution is -2.30. The van der Waals surface area contributed by atoms with E-state index in [1.807, 2.05) is 45.0 Å². The Kier molecular flexibility index (Phi) is 5.92. The Morgan fingerprint density at radius 3 is 2.19 bits per heavy atom. The van der Waals surface area contributed by atoms with E-state index in [1.54, 1.807) is 14.1 Å². The molecule has 4 rings (SSSR count). The first-order valence-electron chi connectivity index (χ1n) is 9.93. The van der Waals surface area contributed by atoms with Gasteiger partial charge in [0.25, 0.3) is 5.56 Å². The van der Waals surface area contributed by atoms with Crippen LogP contribution in [0.5, 0.6) is 0 Å². The summed E-state index contributed by atoms with van der Waals surface area (Å²) in [5.74, 6) is -0.0215. The summed E-state index contributed by atoms with van der Waals surface area (Å²) < 4.78 is 0. The van der Waals surface area contributed by atoms with Crippen LogP contribution < -0.4 is 11.2 Å². The van der Waals surface area contributed by atoms with E-state index in [4.69, 9.17) is 0 Å². The highest BCUT2D eigenvalue weighted by Gasteiger charge is 2.35. The SMILES string of the molecule is CN(C)C=O.Cc1ccc(-c2c3c(nc4[nH]c(=O)[nH]c(=O)c24)CC(C)(C)CC3=O)cc1. The molecule has 0 atom stereocenters. The normalized spacial score (nSPS) is 14.4. The molecule has 2 N–H and O–H groups in total. The Labute approximate surface area is 179 Å². The molecule has 8 heteroatoms. The van der Waals surface area contributed by atoms with E-state index < -0.39 is 11.2 Å². The monoisotopic (exact) mass is 422 g/mol. The number of carbonyl (C=O) groups is 2. The molecule has 0 bridgehead atoms. The molecule has 1 amide bonds. The fourth-order valence-corrected chi connectivity index (χ4v) is 3.73. The largest absolute Gasteiger partial charge is 0.351 e. The van der Waals surface area contributed by atoms with Gasteiger partial charge >= 0.3 is 5.69 Å². The fraction of sp³-hybridized carbons (Fsp3) is 0.348. The number of hydrogen-bond donors (Lipinski definition) is 2. The van der Waals surface area contributed by atoms with Crippen LogP contribution in [0.25, 0.3) is 22.2 Å². The van der Waals surface area contributed by atoms with Crippen LogP contribution >= 0.6 is 0 Å². The van der Waals surface area contributed by atoms with Crippen LogP contribution in [-0.4, -0.2) is 46.1 Å². The van der Waals surface area contributed by atoms with E-state index in [9.17, 15) is 19.2 Å². The maximum atomic E-state index is 13.0. The number of rotatable bonds is 2. The predicted molar refractivity (Wildman–Crippen MR) is 119 cm³/mol. The van der Waals surface area contributed by atoms with Crippen molar-refractivity contribution in [3.8, 4) is 11.1 Å². The number of pyridine rings is 1. The summed E-state index contributed by atoms with van der Waals surface area (Å²) in [4.78, 5) is 57.5. The first-order chi connectivity index (χ1) is 14.5. The van der Waals surface area contributed by atoms with Crippen molar-refractivity contribution in [2.45, 2.75) is 33.6 Å². The minimum Gasteiger partial charge on any atom is -0.351 e. The van der Waals surface area contributed by atoms with Crippen molar-refractivity contribution in [1.29, 1.82) is 0 Å². The average molecular weight is 422 g/mol. The second-order valence-corrected chi connectivity index (χ2v) is 8.82. The third kappa shape index (κ3) is 4.63. The van der Waals surface area contributed by atoms with Gasteiger partial charge in [-0.2, -0.15) is 0 Å². The van der Waals surface area contributed by atoms with E-state index in [0.29, 0.717) is 29.7 Å². The minimum atomic E-state index is -0.605. The first-order valence-corrected chi connectivity index (χ1v) is 9.93. The number of nitrogens with zero attached hydrogens (tertiary/aromatic N) is 2. The fourth-order valence-electron chi connectivity index (χ4n) is 3.73. The van der Waals surface area contributed by atoms with Gasteiger partial charge in [0.2, 0.25) is 6.41 Å². The minimum absolute atomic E-state index is 0.0215. The standard InChI is InChI=1S/C20H19N3O3.C3H7NO/c1-10-4-6-11(7-5-10)14-15-12(8-20(2,3)9-13(15)24)21-17-16(14)18(25)23-19(26)22-17;1-4(2)3-5/h4-7H,8-9H2,1-3H3,(H2,21,22,23,25,26);3H,1-2H3. The summed E-state index contributed by atoms with van der Waals surface area (Å²) in [6.45, 7) is 6.01. The summed E-state index contributed by atoms with van der Waals surface area (Å²) in [6.07, 6.45) is 1.75. The molecule has 0 fully saturated rings. The molecule has 0 spiro atoms. The van der Waals surface area contributed by atoms with Gasteiger partial charge in [0.05, 0.1) is 11.1 Å². The van der Waals surface area contributed by atoms with Gasteiger partial charge in [-0.25, -0.2) is 9.78 Å². The van der Waals surface area contributed by atoms with Gasteiger partial charge in [0.1, 0.15) is 5.65 Å². The predicted octanol–water partition coefficient (Wildman–Crippen LogP) is 2.45. The van der Waals surface area contributed by atoms with Crippen molar-refractivity contribution < 1.29 is 9.59 Å². The highest BCUT2D eigenvalue weighted by molar-refractivity contribution is 6.10. The molecular formula is C23H26N4O4. The van der Waals surface area contributed by atoms with E-state index in [-0.39, 0.29) is 22.2 Å². The number of aryl methyl sites for hydroxylation is 1. The molecule has 0 radical (unpaired) electrons. The van der Waals surface area contributed by atoms with Crippen molar-refractivity contribution in [3.63, 3.8) is 0 Å². The molecule has 0 saturated heterocycles. The maximum Gasteiger partial charge on any atom is 0.327 e. The molecule has 162 valence electrons. The number of H-pyrrole nitrogens is 2. The number of aromatic amines is 2. The molecule has 31 heavy (non-hydrogen) atoms. The number of ketones is 1. The number of hydrogen-bond acceptors (Lipinski definition) is 5. The zero-order valence-corrected chi connectivity index (χ0v) is 18.3. The number of carbonyl (C=O) groups excluding carboxylic acids is 2. The Bertz CT molecular complexity index is 1270. The van der Waals surface area contributed by atoms with Crippen molar-refractivity contribution in [2.75, 3.05) is 14.1 Å². The third-order valence-corrected chi connectivity index (χ3v) is 5.07. The second-order valence-electron chi connectivity index (χ2n) is 8.82. The van der Waals surface area contributed by atoms with Crippen molar-refractivity contribution in [1.82, 2.24) is 19.9 Å². The Hall–Kier alpha value is -3.55. The van der Waals surface area contributed by atoms with Crippen LogP contribution in [0.1, 0.15) is 41.9 Å². The number of Topliss-reactive ketones (excluding diaryl/α,β-unsaturated/α-hetero) is 1. The van der Waals surface area contributed by atoms with Crippen LogP contribution in [0.15, 0.2) is 33.9 Å². The lowest BCUT2D eigenvalue weighted by molar-refractivity contribution is -0.115. The molecule has 0 unspecified atom stereocenters. The number of aromatic nitrogens is 3. The Morgan fingerprint density at radius 2 is 1.61 bits per heavy atom. The van der Waals surface area contributed by atoms with Gasteiger partial charge in [-0.1, -0.05) is 43.7 Å². The number of fused-ring (bicyclic) bond motifs is 2. The van der Waals surface area contributed by atoms with Crippen molar-refractivity contribution in [3.05, 3.63) is 61.9 Å². The molecule has 8 nitrogen and oxygen atoms in total. The van der Waals surface area contributed by atoms with Gasteiger partial charge in [0, 0.05) is 31.6 Å². The van der Waals surface area contributed by atoms with E-state index in [0.717, 1.165) is 17.5 Å². The Morgan fingerprint density at radius 1 is 1.00 bits per heavy atom. The second kappa shape index (κ2) is 8.29. The van der Waals surface area contributed by atoms with E-state index >= 15 is 0 Å². The molecule has 3 aromatic rings. The zero-order valence-electron chi connectivity index (χ0n) is 18.3. The van der Waals surface area contributed by atoms with Crippen LogP contribution in [0, 0.1) is 12.3 Å². The third-order valence-electron chi connectivity index (χ3n) is 5.07. The molecule has 1 aromatic carbocycles. The Balaban J connectivity index is 0.000000491. The average Bonchev–Trinajstić information content (AvgIpc) is 2.66. The van der Waals surface area contributed by atoms with Crippen LogP contribution in [-0.2, 0) is 11.2 Å². The van der Waals surface area contributed by atoms with Crippen molar-refractivity contribution >= 4 is 23.2 Å². The smallest absolute Gasteiger partial charge is 0.327 e. The quantitative estimate of drug-likeness (QED) is 0.616. The topological polar surface area (TPSA) is 116 Å². The lowest BCUT2D eigenvalue weighted by atomic mass is 9.73. The summed E-state index contributed by atoms with van der Waals surface area (Å²) in [5.41, 5.74) is 2.41. The van der Waals surface area contributed by atoms with Crippen LogP contribution in [0.2, 0.25) is 0 Å². The summed E-state index contributed by atoms with van der Waals surface area (Å²) >= 11 is 0. The van der Waals surface area contributed by atoms with Gasteiger partial charge in [-0.05, 0) is 24.3 Å². The highest BCUT2D eigenvalue weighted by atomic mass is 16.2. The number of benzene rings is 1. The van der Waals surface area contributed by atoms with Gasteiger partial charge in [-0.3, -0.25) is 24.4 Å². The van der Waals surface area contributed by atoms with E-state index in [1.165, 1.54) is 4.90 Å². The van der Waals surface area contributed by atoms with Gasteiger partial charge in [0.15, 0.2) is 5.78 Å². The summed E-state index contributed by atoms with van der Waals surface area (Å²) in [6, 6.07) is 7.65. The molecule has 0 saturated carbocycles. The van der Waals surface area contributed by atoms with Gasteiger partial charge < -0.3 is 4.90 Å². The van der Waals surface area contributed by atoms with Crippen molar-refractivity contribution in [2.24, 2.45) is 5.41 Å². The summed E-state index contributed by atoms with van der Waals surface area (Å²) in [7, 11) is 3.38. The molecule has 2 heterocycles. The van der Waals surface area contributed by atoms with E-state index in [2.05, 4.69) is 15.0 Å².